The SMILES string of the molecule is CC(C)(C)OC(=O)N1CCOC=C1OP(=O)(Oc1ccccc1)Oc1ccccc1. The van der Waals surface area contributed by atoms with Gasteiger partial charge in [0.2, 0.25) is 5.88 Å². The van der Waals surface area contributed by atoms with Crippen LogP contribution in [-0.4, -0.2) is 29.7 Å². The highest BCUT2D eigenvalue weighted by molar-refractivity contribution is 7.49. The first-order valence-electron chi connectivity index (χ1n) is 9.35. The molecule has 0 saturated carbocycles. The molecule has 0 N–H and O–H groups in total. The van der Waals surface area contributed by atoms with Crippen molar-refractivity contribution in [2.24, 2.45) is 0 Å². The van der Waals surface area contributed by atoms with Crippen LogP contribution < -0.4 is 9.05 Å². The zero-order chi connectivity index (χ0) is 21.6. The number of rotatable bonds is 6. The van der Waals surface area contributed by atoms with E-state index in [1.807, 2.05) is 0 Å². The fraction of sp³-hybridized carbons (Fsp3) is 0.286. The third-order valence-electron chi connectivity index (χ3n) is 3.62. The number of phosphoric ester groups is 1. The molecule has 0 bridgehead atoms. The van der Waals surface area contributed by atoms with E-state index in [2.05, 4.69) is 0 Å². The highest BCUT2D eigenvalue weighted by Crippen LogP contribution is 2.52. The van der Waals surface area contributed by atoms with Gasteiger partial charge in [0, 0.05) is 0 Å². The van der Waals surface area contributed by atoms with Gasteiger partial charge in [0.25, 0.3) is 0 Å². The molecular formula is C21H24NO7P. The van der Waals surface area contributed by atoms with Gasteiger partial charge in [-0.15, -0.1) is 0 Å². The van der Waals surface area contributed by atoms with Crippen LogP contribution in [-0.2, 0) is 18.6 Å². The first kappa shape index (κ1) is 21.6. The Balaban J connectivity index is 1.86. The topological polar surface area (TPSA) is 83.5 Å². The summed E-state index contributed by atoms with van der Waals surface area (Å²) in [5.74, 6) is 0.418. The number of para-hydroxylation sites is 2. The standard InChI is InChI=1S/C21H24NO7P/c1-21(2,3)26-20(23)22-14-15-25-16-19(22)29-30(24,27-17-10-6-4-7-11-17)28-18-12-8-5-9-13-18/h4-13,16H,14-15H2,1-3H3. The van der Waals surface area contributed by atoms with Gasteiger partial charge in [-0.05, 0) is 45.0 Å². The second-order valence-electron chi connectivity index (χ2n) is 7.31. The van der Waals surface area contributed by atoms with E-state index >= 15 is 0 Å². The van der Waals surface area contributed by atoms with Crippen molar-refractivity contribution in [3.05, 3.63) is 72.8 Å². The lowest BCUT2D eigenvalue weighted by Crippen LogP contribution is -2.40. The zero-order valence-electron chi connectivity index (χ0n) is 17.0. The van der Waals surface area contributed by atoms with Crippen LogP contribution in [0, 0.1) is 0 Å². The van der Waals surface area contributed by atoms with Crippen LogP contribution in [0.1, 0.15) is 20.8 Å². The van der Waals surface area contributed by atoms with E-state index in [4.69, 9.17) is 23.0 Å². The van der Waals surface area contributed by atoms with E-state index in [1.165, 1.54) is 11.2 Å². The van der Waals surface area contributed by atoms with Crippen molar-refractivity contribution in [1.82, 2.24) is 4.90 Å². The zero-order valence-corrected chi connectivity index (χ0v) is 17.9. The van der Waals surface area contributed by atoms with Crippen molar-refractivity contribution in [3.63, 3.8) is 0 Å². The van der Waals surface area contributed by atoms with Crippen LogP contribution in [0.25, 0.3) is 0 Å². The monoisotopic (exact) mass is 433 g/mol. The van der Waals surface area contributed by atoms with Crippen molar-refractivity contribution in [3.8, 4) is 11.5 Å². The lowest BCUT2D eigenvalue weighted by Gasteiger charge is -2.31. The van der Waals surface area contributed by atoms with Crippen molar-refractivity contribution < 1.29 is 32.4 Å². The van der Waals surface area contributed by atoms with Gasteiger partial charge in [-0.25, -0.2) is 9.69 Å². The summed E-state index contributed by atoms with van der Waals surface area (Å²) in [5, 5.41) is 0. The van der Waals surface area contributed by atoms with E-state index in [9.17, 15) is 9.36 Å². The van der Waals surface area contributed by atoms with Crippen LogP contribution in [0.5, 0.6) is 11.5 Å². The number of hydrogen-bond acceptors (Lipinski definition) is 7. The minimum absolute atomic E-state index is 0.134. The van der Waals surface area contributed by atoms with Crippen LogP contribution in [0.3, 0.4) is 0 Å². The van der Waals surface area contributed by atoms with E-state index in [-0.39, 0.29) is 30.5 Å². The summed E-state index contributed by atoms with van der Waals surface area (Å²) in [6.45, 7) is 5.62. The molecule has 2 aromatic rings. The van der Waals surface area contributed by atoms with E-state index in [0.29, 0.717) is 0 Å². The normalized spacial score (nSPS) is 14.2. The van der Waals surface area contributed by atoms with Gasteiger partial charge in [-0.3, -0.25) is 0 Å². The smallest absolute Gasteiger partial charge is 0.494 e. The van der Waals surface area contributed by atoms with Crippen molar-refractivity contribution in [2.45, 2.75) is 26.4 Å². The molecule has 3 rings (SSSR count). The number of carbonyl (C=O) groups is 1. The molecule has 8 nitrogen and oxygen atoms in total. The predicted octanol–water partition coefficient (Wildman–Crippen LogP) is 5.34. The fourth-order valence-corrected chi connectivity index (χ4v) is 3.65. The molecule has 1 heterocycles. The summed E-state index contributed by atoms with van der Waals surface area (Å²) < 4.78 is 41.0. The molecule has 1 aliphatic heterocycles. The minimum Gasteiger partial charge on any atom is -0.494 e. The van der Waals surface area contributed by atoms with Crippen LogP contribution >= 0.6 is 7.82 Å². The minimum atomic E-state index is -4.26. The number of amides is 1. The average Bonchev–Trinajstić information content (AvgIpc) is 2.68. The molecule has 1 aliphatic rings. The third-order valence-corrected chi connectivity index (χ3v) is 4.90. The maximum Gasteiger partial charge on any atom is 0.648 e. The second kappa shape index (κ2) is 9.13. The molecule has 1 amide bonds. The molecule has 0 unspecified atom stereocenters. The summed E-state index contributed by atoms with van der Waals surface area (Å²) in [4.78, 5) is 13.8. The molecule has 160 valence electrons. The lowest BCUT2D eigenvalue weighted by atomic mass is 10.2. The van der Waals surface area contributed by atoms with Crippen molar-refractivity contribution >= 4 is 13.9 Å². The van der Waals surface area contributed by atoms with E-state index in [1.54, 1.807) is 81.4 Å². The number of phosphoric acid groups is 1. The molecular weight excluding hydrogens is 409 g/mol. The second-order valence-corrected chi connectivity index (χ2v) is 8.75. The van der Waals surface area contributed by atoms with Gasteiger partial charge < -0.3 is 23.0 Å². The average molecular weight is 433 g/mol. The molecule has 0 aliphatic carbocycles. The number of benzene rings is 2. The lowest BCUT2D eigenvalue weighted by molar-refractivity contribution is 0.0103. The van der Waals surface area contributed by atoms with Crippen molar-refractivity contribution in [1.29, 1.82) is 0 Å². The molecule has 0 radical (unpaired) electrons. The summed E-state index contributed by atoms with van der Waals surface area (Å²) in [7, 11) is -4.26. The molecule has 0 aromatic heterocycles. The Bertz CT molecular complexity index is 880. The van der Waals surface area contributed by atoms with Gasteiger partial charge in [-0.1, -0.05) is 36.4 Å². The van der Waals surface area contributed by atoms with E-state index in [0.717, 1.165) is 0 Å². The maximum atomic E-state index is 13.5. The molecule has 0 fully saturated rings. The van der Waals surface area contributed by atoms with Gasteiger partial charge in [0.05, 0.1) is 6.54 Å². The molecule has 0 atom stereocenters. The van der Waals surface area contributed by atoms with Crippen molar-refractivity contribution in [2.75, 3.05) is 13.2 Å². The molecule has 9 heteroatoms. The molecule has 0 spiro atoms. The number of ether oxygens (including phenoxy) is 2. The van der Waals surface area contributed by atoms with Gasteiger partial charge in [-0.2, -0.15) is 4.57 Å². The number of hydrogen-bond donors (Lipinski definition) is 0. The van der Waals surface area contributed by atoms with Crippen LogP contribution in [0.2, 0.25) is 0 Å². The van der Waals surface area contributed by atoms with Crippen LogP contribution in [0.4, 0.5) is 4.79 Å². The Morgan fingerprint density at radius 3 is 1.97 bits per heavy atom. The van der Waals surface area contributed by atoms with E-state index < -0.39 is 19.5 Å². The quantitative estimate of drug-likeness (QED) is 0.569. The summed E-state index contributed by atoms with van der Waals surface area (Å²) in [5.41, 5.74) is -0.717. The van der Waals surface area contributed by atoms with Gasteiger partial charge in [0.1, 0.15) is 30.0 Å². The van der Waals surface area contributed by atoms with Crippen LogP contribution in [0.15, 0.2) is 72.8 Å². The Hall–Kier alpha value is -3.12. The third kappa shape index (κ3) is 6.19. The highest BCUT2D eigenvalue weighted by atomic mass is 31.2. The molecule has 30 heavy (non-hydrogen) atoms. The van der Waals surface area contributed by atoms with Gasteiger partial charge in [0.15, 0.2) is 0 Å². The Morgan fingerprint density at radius 2 is 1.47 bits per heavy atom. The summed E-state index contributed by atoms with van der Waals surface area (Å²) in [6, 6.07) is 16.9. The first-order valence-corrected chi connectivity index (χ1v) is 10.8. The first-order chi connectivity index (χ1) is 14.2. The summed E-state index contributed by atoms with van der Waals surface area (Å²) >= 11 is 0. The number of nitrogens with zero attached hydrogens (tertiary/aromatic N) is 1. The fourth-order valence-electron chi connectivity index (χ4n) is 2.41. The Morgan fingerprint density at radius 1 is 0.933 bits per heavy atom. The highest BCUT2D eigenvalue weighted by Gasteiger charge is 2.39. The van der Waals surface area contributed by atoms with Gasteiger partial charge >= 0.3 is 13.9 Å². The molecule has 2 aromatic carbocycles. The largest absolute Gasteiger partial charge is 0.648 e. The predicted molar refractivity (Wildman–Crippen MR) is 110 cm³/mol. The Labute approximate surface area is 175 Å². The number of carbonyl (C=O) groups excluding carboxylic acids is 1. The Kier molecular flexibility index (Phi) is 6.57. The molecule has 0 saturated heterocycles. The summed E-state index contributed by atoms with van der Waals surface area (Å²) in [6.07, 6.45) is 0.519. The maximum absolute atomic E-state index is 13.5.